The summed E-state index contributed by atoms with van der Waals surface area (Å²) in [6, 6.07) is 7.50. The summed E-state index contributed by atoms with van der Waals surface area (Å²) in [5.41, 5.74) is 1.81. The normalized spacial score (nSPS) is 10.8. The van der Waals surface area contributed by atoms with Crippen molar-refractivity contribution < 1.29 is 14.3 Å². The first-order valence-electron chi connectivity index (χ1n) is 7.71. The van der Waals surface area contributed by atoms with E-state index in [9.17, 15) is 9.59 Å². The van der Waals surface area contributed by atoms with Gasteiger partial charge in [-0.2, -0.15) is 0 Å². The summed E-state index contributed by atoms with van der Waals surface area (Å²) in [6.45, 7) is 9.10. The number of ether oxygens (including phenoxy) is 1. The van der Waals surface area contributed by atoms with E-state index in [1.54, 1.807) is 12.1 Å². The van der Waals surface area contributed by atoms with Gasteiger partial charge in [-0.3, -0.25) is 9.59 Å². The molecule has 0 bridgehead atoms. The van der Waals surface area contributed by atoms with Crippen LogP contribution < -0.4 is 10.6 Å². The van der Waals surface area contributed by atoms with Crippen LogP contribution in [0.15, 0.2) is 24.3 Å². The van der Waals surface area contributed by atoms with Gasteiger partial charge in [-0.1, -0.05) is 26.0 Å². The van der Waals surface area contributed by atoms with Gasteiger partial charge in [0.05, 0.1) is 6.10 Å². The third kappa shape index (κ3) is 6.72. The smallest absolute Gasteiger partial charge is 0.313 e. The number of carbonyl (C=O) groups is 2. The van der Waals surface area contributed by atoms with E-state index in [-0.39, 0.29) is 6.10 Å². The fraction of sp³-hybridized carbons (Fsp3) is 0.529. The highest BCUT2D eigenvalue weighted by Crippen LogP contribution is 2.16. The molecule has 0 radical (unpaired) electrons. The standard InChI is InChI=1S/C17H26N2O3/c1-12(2)14-6-8-15(9-7-14)19-17(21)16(20)18-10-5-11-22-13(3)4/h6-9,12-13H,5,10-11H2,1-4H3,(H,18,20)(H,19,21). The third-order valence-corrected chi connectivity index (χ3v) is 3.10. The van der Waals surface area contributed by atoms with Crippen LogP contribution in [0.4, 0.5) is 5.69 Å². The van der Waals surface area contributed by atoms with Crippen LogP contribution in [0.2, 0.25) is 0 Å². The number of benzene rings is 1. The van der Waals surface area contributed by atoms with Crippen LogP contribution in [0, 0.1) is 0 Å². The maximum atomic E-state index is 11.7. The molecule has 1 aromatic rings. The second-order valence-corrected chi connectivity index (χ2v) is 5.76. The van der Waals surface area contributed by atoms with Crippen molar-refractivity contribution in [3.8, 4) is 0 Å². The molecule has 0 atom stereocenters. The first kappa shape index (κ1) is 18.2. The van der Waals surface area contributed by atoms with E-state index in [1.165, 1.54) is 5.56 Å². The molecule has 0 heterocycles. The second kappa shape index (κ2) is 9.20. The first-order valence-corrected chi connectivity index (χ1v) is 7.71. The van der Waals surface area contributed by atoms with Crippen LogP contribution >= 0.6 is 0 Å². The summed E-state index contributed by atoms with van der Waals surface area (Å²) in [7, 11) is 0. The number of carbonyl (C=O) groups excluding carboxylic acids is 2. The highest BCUT2D eigenvalue weighted by molar-refractivity contribution is 6.39. The average Bonchev–Trinajstić information content (AvgIpc) is 2.46. The summed E-state index contributed by atoms with van der Waals surface area (Å²) in [5, 5.41) is 5.16. The molecule has 2 N–H and O–H groups in total. The van der Waals surface area contributed by atoms with Gasteiger partial charge in [-0.05, 0) is 43.9 Å². The lowest BCUT2D eigenvalue weighted by Gasteiger charge is -2.09. The zero-order valence-electron chi connectivity index (χ0n) is 13.8. The van der Waals surface area contributed by atoms with Crippen molar-refractivity contribution in [3.63, 3.8) is 0 Å². The summed E-state index contributed by atoms with van der Waals surface area (Å²) >= 11 is 0. The van der Waals surface area contributed by atoms with Crippen molar-refractivity contribution in [1.29, 1.82) is 0 Å². The Kier molecular flexibility index (Phi) is 7.60. The molecule has 5 nitrogen and oxygen atoms in total. The van der Waals surface area contributed by atoms with E-state index in [1.807, 2.05) is 26.0 Å². The first-order chi connectivity index (χ1) is 10.4. The highest BCUT2D eigenvalue weighted by Gasteiger charge is 2.13. The van der Waals surface area contributed by atoms with Crippen molar-refractivity contribution >= 4 is 17.5 Å². The molecule has 0 unspecified atom stereocenters. The van der Waals surface area contributed by atoms with Gasteiger partial charge in [0.25, 0.3) is 0 Å². The van der Waals surface area contributed by atoms with Crippen LogP contribution in [0.3, 0.4) is 0 Å². The summed E-state index contributed by atoms with van der Waals surface area (Å²) in [4.78, 5) is 23.4. The number of nitrogens with one attached hydrogen (secondary N) is 2. The molecule has 1 aromatic carbocycles. The quantitative estimate of drug-likeness (QED) is 0.601. The van der Waals surface area contributed by atoms with Gasteiger partial charge in [0.15, 0.2) is 0 Å². The van der Waals surface area contributed by atoms with E-state index in [0.29, 0.717) is 31.2 Å². The predicted molar refractivity (Wildman–Crippen MR) is 87.9 cm³/mol. The Bertz CT molecular complexity index is 481. The molecule has 122 valence electrons. The van der Waals surface area contributed by atoms with Crippen molar-refractivity contribution in [2.75, 3.05) is 18.5 Å². The van der Waals surface area contributed by atoms with Gasteiger partial charge in [0.2, 0.25) is 0 Å². The minimum Gasteiger partial charge on any atom is -0.379 e. The lowest BCUT2D eigenvalue weighted by atomic mass is 10.0. The third-order valence-electron chi connectivity index (χ3n) is 3.10. The molecular weight excluding hydrogens is 280 g/mol. The highest BCUT2D eigenvalue weighted by atomic mass is 16.5. The minimum absolute atomic E-state index is 0.174. The molecule has 1 rings (SSSR count). The Morgan fingerprint density at radius 2 is 1.68 bits per heavy atom. The summed E-state index contributed by atoms with van der Waals surface area (Å²) < 4.78 is 5.36. The molecule has 0 saturated heterocycles. The fourth-order valence-corrected chi connectivity index (χ4v) is 1.81. The number of rotatable bonds is 7. The Morgan fingerprint density at radius 1 is 1.05 bits per heavy atom. The summed E-state index contributed by atoms with van der Waals surface area (Å²) in [5.74, 6) is -0.847. The minimum atomic E-state index is -0.651. The van der Waals surface area contributed by atoms with E-state index in [4.69, 9.17) is 4.74 Å². The SMILES string of the molecule is CC(C)OCCCNC(=O)C(=O)Nc1ccc(C(C)C)cc1. The zero-order chi connectivity index (χ0) is 16.5. The molecule has 0 aliphatic heterocycles. The van der Waals surface area contributed by atoms with Crippen molar-refractivity contribution in [3.05, 3.63) is 29.8 Å². The zero-order valence-corrected chi connectivity index (χ0v) is 13.8. The monoisotopic (exact) mass is 306 g/mol. The van der Waals surface area contributed by atoms with Crippen LogP contribution in [-0.4, -0.2) is 31.1 Å². The average molecular weight is 306 g/mol. The Morgan fingerprint density at radius 3 is 2.23 bits per heavy atom. The van der Waals surface area contributed by atoms with Gasteiger partial charge in [-0.25, -0.2) is 0 Å². The van der Waals surface area contributed by atoms with Gasteiger partial charge in [0, 0.05) is 18.8 Å². The molecule has 2 amide bonds. The van der Waals surface area contributed by atoms with Crippen molar-refractivity contribution in [2.45, 2.75) is 46.1 Å². The topological polar surface area (TPSA) is 67.4 Å². The maximum absolute atomic E-state index is 11.7. The molecule has 0 spiro atoms. The van der Waals surface area contributed by atoms with Crippen LogP contribution in [0.25, 0.3) is 0 Å². The van der Waals surface area contributed by atoms with Gasteiger partial charge in [0.1, 0.15) is 0 Å². The van der Waals surface area contributed by atoms with Crippen LogP contribution in [0.1, 0.15) is 45.6 Å². The Hall–Kier alpha value is -1.88. The van der Waals surface area contributed by atoms with Gasteiger partial charge in [-0.15, -0.1) is 0 Å². The molecule has 5 heteroatoms. The molecule has 0 saturated carbocycles. The lowest BCUT2D eigenvalue weighted by Crippen LogP contribution is -2.36. The molecule has 0 fully saturated rings. The molecule has 22 heavy (non-hydrogen) atoms. The maximum Gasteiger partial charge on any atom is 0.313 e. The molecule has 0 aromatic heterocycles. The Balaban J connectivity index is 2.33. The van der Waals surface area contributed by atoms with E-state index >= 15 is 0 Å². The fourth-order valence-electron chi connectivity index (χ4n) is 1.81. The Labute approximate surface area is 132 Å². The van der Waals surface area contributed by atoms with Crippen LogP contribution in [0.5, 0.6) is 0 Å². The molecular formula is C17H26N2O3. The summed E-state index contributed by atoms with van der Waals surface area (Å²) in [6.07, 6.45) is 0.855. The van der Waals surface area contributed by atoms with Gasteiger partial charge < -0.3 is 15.4 Å². The number of amides is 2. The number of hydrogen-bond acceptors (Lipinski definition) is 3. The van der Waals surface area contributed by atoms with E-state index < -0.39 is 11.8 Å². The van der Waals surface area contributed by atoms with E-state index in [0.717, 1.165) is 0 Å². The van der Waals surface area contributed by atoms with Crippen molar-refractivity contribution in [1.82, 2.24) is 5.32 Å². The van der Waals surface area contributed by atoms with Gasteiger partial charge >= 0.3 is 11.8 Å². The number of hydrogen-bond donors (Lipinski definition) is 2. The van der Waals surface area contributed by atoms with E-state index in [2.05, 4.69) is 24.5 Å². The molecule has 0 aliphatic carbocycles. The lowest BCUT2D eigenvalue weighted by molar-refractivity contribution is -0.136. The number of anilines is 1. The second-order valence-electron chi connectivity index (χ2n) is 5.76. The van der Waals surface area contributed by atoms with Crippen LogP contribution in [-0.2, 0) is 14.3 Å². The largest absolute Gasteiger partial charge is 0.379 e. The molecule has 0 aliphatic rings. The predicted octanol–water partition coefficient (Wildman–Crippen LogP) is 2.68. The van der Waals surface area contributed by atoms with Crippen molar-refractivity contribution in [2.24, 2.45) is 0 Å².